The van der Waals surface area contributed by atoms with Crippen LogP contribution in [0.25, 0.3) is 0 Å². The van der Waals surface area contributed by atoms with Gasteiger partial charge in [-0.05, 0) is 31.4 Å². The molecule has 0 radical (unpaired) electrons. The van der Waals surface area contributed by atoms with Crippen molar-refractivity contribution in [1.29, 1.82) is 0 Å². The highest BCUT2D eigenvalue weighted by Gasteiger charge is 2.20. The summed E-state index contributed by atoms with van der Waals surface area (Å²) in [6.45, 7) is 2.38. The molecule has 0 bridgehead atoms. The molecular formula is C22H27FN3O4+. The van der Waals surface area contributed by atoms with E-state index in [2.05, 4.69) is 10.6 Å². The molecule has 0 spiro atoms. The van der Waals surface area contributed by atoms with Crippen LogP contribution in [0, 0.1) is 5.82 Å². The monoisotopic (exact) mass is 416 g/mol. The predicted octanol–water partition coefficient (Wildman–Crippen LogP) is 2.10. The Kier molecular flexibility index (Phi) is 7.24. The largest absolute Gasteiger partial charge is 0.494 e. The fourth-order valence-electron chi connectivity index (χ4n) is 3.58. The van der Waals surface area contributed by atoms with Crippen LogP contribution in [-0.4, -0.2) is 45.7 Å². The normalized spacial score (nSPS) is 14.1. The molecule has 2 aromatic carbocycles. The van der Waals surface area contributed by atoms with Crippen LogP contribution in [-0.2, 0) is 4.79 Å². The minimum absolute atomic E-state index is 0.0830. The van der Waals surface area contributed by atoms with Gasteiger partial charge in [-0.25, -0.2) is 4.39 Å². The summed E-state index contributed by atoms with van der Waals surface area (Å²) in [4.78, 5) is 26.2. The number of anilines is 2. The number of ether oxygens (including phenoxy) is 2. The van der Waals surface area contributed by atoms with Crippen LogP contribution in [0.5, 0.6) is 11.5 Å². The zero-order valence-corrected chi connectivity index (χ0v) is 17.2. The summed E-state index contributed by atoms with van der Waals surface area (Å²) < 4.78 is 24.7. The van der Waals surface area contributed by atoms with E-state index in [1.807, 2.05) is 0 Å². The number of halogens is 1. The number of likely N-dealkylation sites (tertiary alicyclic amines) is 1. The molecule has 0 unspecified atom stereocenters. The Morgan fingerprint density at radius 1 is 0.967 bits per heavy atom. The first-order chi connectivity index (χ1) is 14.5. The van der Waals surface area contributed by atoms with Gasteiger partial charge in [0.1, 0.15) is 17.3 Å². The van der Waals surface area contributed by atoms with Crippen molar-refractivity contribution in [3.8, 4) is 11.5 Å². The molecular weight excluding hydrogens is 389 g/mol. The molecule has 1 saturated heterocycles. The molecule has 0 aromatic heterocycles. The summed E-state index contributed by atoms with van der Waals surface area (Å²) in [5.41, 5.74) is 0.669. The number of methoxy groups -OCH3 is 2. The highest BCUT2D eigenvalue weighted by Crippen LogP contribution is 2.36. The van der Waals surface area contributed by atoms with E-state index < -0.39 is 11.7 Å². The number of nitrogens with one attached hydrogen (secondary N) is 3. The average Bonchev–Trinajstić information content (AvgIpc) is 2.75. The van der Waals surface area contributed by atoms with E-state index in [9.17, 15) is 14.0 Å². The SMILES string of the molecule is COc1cc(NC(=O)c2ccccc2F)c(OC)cc1NC(=O)C[NH+]1CCCCC1. The maximum Gasteiger partial charge on any atom is 0.279 e. The molecule has 1 aliphatic rings. The van der Waals surface area contributed by atoms with E-state index in [-0.39, 0.29) is 11.5 Å². The summed E-state index contributed by atoms with van der Waals surface area (Å²) >= 11 is 0. The van der Waals surface area contributed by atoms with Crippen LogP contribution in [0.4, 0.5) is 15.8 Å². The van der Waals surface area contributed by atoms with Crippen LogP contribution in [0.15, 0.2) is 36.4 Å². The predicted molar refractivity (Wildman–Crippen MR) is 112 cm³/mol. The zero-order chi connectivity index (χ0) is 21.5. The topological polar surface area (TPSA) is 81.1 Å². The third-order valence-corrected chi connectivity index (χ3v) is 5.13. The van der Waals surface area contributed by atoms with Gasteiger partial charge in [-0.3, -0.25) is 9.59 Å². The maximum atomic E-state index is 13.9. The lowest BCUT2D eigenvalue weighted by atomic mass is 10.1. The average molecular weight is 416 g/mol. The quantitative estimate of drug-likeness (QED) is 0.646. The second-order valence-corrected chi connectivity index (χ2v) is 7.22. The number of piperidine rings is 1. The Bertz CT molecular complexity index is 913. The van der Waals surface area contributed by atoms with Crippen molar-refractivity contribution in [3.05, 3.63) is 47.8 Å². The summed E-state index contributed by atoms with van der Waals surface area (Å²) in [6.07, 6.45) is 3.49. The van der Waals surface area contributed by atoms with Crippen LogP contribution in [0.2, 0.25) is 0 Å². The smallest absolute Gasteiger partial charge is 0.279 e. The van der Waals surface area contributed by atoms with Gasteiger partial charge in [0, 0.05) is 12.1 Å². The first-order valence-corrected chi connectivity index (χ1v) is 9.97. The van der Waals surface area contributed by atoms with Crippen molar-refractivity contribution in [3.63, 3.8) is 0 Å². The molecule has 0 atom stereocenters. The number of hydrogen-bond acceptors (Lipinski definition) is 4. The number of carbonyl (C=O) groups excluding carboxylic acids is 2. The number of amides is 2. The van der Waals surface area contributed by atoms with E-state index in [0.29, 0.717) is 29.4 Å². The highest BCUT2D eigenvalue weighted by atomic mass is 19.1. The summed E-state index contributed by atoms with van der Waals surface area (Å²) in [6, 6.07) is 8.83. The van der Waals surface area contributed by atoms with E-state index in [0.717, 1.165) is 25.9 Å². The molecule has 3 N–H and O–H groups in total. The Morgan fingerprint density at radius 3 is 2.17 bits per heavy atom. The van der Waals surface area contributed by atoms with E-state index in [1.54, 1.807) is 18.2 Å². The molecule has 8 heteroatoms. The Morgan fingerprint density at radius 2 is 1.57 bits per heavy atom. The van der Waals surface area contributed by atoms with Gasteiger partial charge in [-0.1, -0.05) is 12.1 Å². The van der Waals surface area contributed by atoms with Crippen molar-refractivity contribution in [1.82, 2.24) is 0 Å². The number of quaternary nitrogens is 1. The van der Waals surface area contributed by atoms with E-state index in [4.69, 9.17) is 9.47 Å². The Hall–Kier alpha value is -3.13. The molecule has 7 nitrogen and oxygen atoms in total. The van der Waals surface area contributed by atoms with Crippen molar-refractivity contribution < 1.29 is 28.4 Å². The van der Waals surface area contributed by atoms with Gasteiger partial charge in [-0.2, -0.15) is 0 Å². The molecule has 1 aliphatic heterocycles. The number of carbonyl (C=O) groups is 2. The van der Waals surface area contributed by atoms with Gasteiger partial charge in [0.25, 0.3) is 11.8 Å². The van der Waals surface area contributed by atoms with Gasteiger partial charge < -0.3 is 25.0 Å². The molecule has 3 rings (SSSR count). The minimum atomic E-state index is -0.620. The summed E-state index contributed by atoms with van der Waals surface area (Å²) in [7, 11) is 2.92. The fraction of sp³-hybridized carbons (Fsp3) is 0.364. The summed E-state index contributed by atoms with van der Waals surface area (Å²) in [5.74, 6) is -0.665. The van der Waals surface area contributed by atoms with Crippen LogP contribution >= 0.6 is 0 Å². The lowest BCUT2D eigenvalue weighted by Gasteiger charge is -2.23. The standard InChI is InChI=1S/C22H26FN3O4/c1-29-19-13-18(25-22(28)15-8-4-5-9-16(15)23)20(30-2)12-17(19)24-21(27)14-26-10-6-3-7-11-26/h4-5,8-9,12-13H,3,6-7,10-11,14H2,1-2H3,(H,24,27)(H,25,28)/p+1. The third-order valence-electron chi connectivity index (χ3n) is 5.13. The molecule has 0 aliphatic carbocycles. The van der Waals surface area contributed by atoms with Crippen LogP contribution < -0.4 is 25.0 Å². The maximum absolute atomic E-state index is 13.9. The Labute approximate surface area is 175 Å². The lowest BCUT2D eigenvalue weighted by molar-refractivity contribution is -0.896. The minimum Gasteiger partial charge on any atom is -0.494 e. The van der Waals surface area contributed by atoms with Crippen molar-refractivity contribution in [2.24, 2.45) is 0 Å². The second kappa shape index (κ2) is 10.1. The van der Waals surface area contributed by atoms with Crippen molar-refractivity contribution in [2.45, 2.75) is 19.3 Å². The molecule has 2 aromatic rings. The van der Waals surface area contributed by atoms with Gasteiger partial charge in [0.2, 0.25) is 0 Å². The molecule has 1 heterocycles. The molecule has 160 valence electrons. The number of benzene rings is 2. The van der Waals surface area contributed by atoms with Gasteiger partial charge in [0.05, 0.1) is 44.2 Å². The summed E-state index contributed by atoms with van der Waals surface area (Å²) in [5, 5.41) is 5.51. The van der Waals surface area contributed by atoms with Crippen molar-refractivity contribution in [2.75, 3.05) is 44.5 Å². The molecule has 2 amide bonds. The third kappa shape index (κ3) is 5.27. The molecule has 30 heavy (non-hydrogen) atoms. The molecule has 1 fully saturated rings. The van der Waals surface area contributed by atoms with Gasteiger partial charge in [0.15, 0.2) is 6.54 Å². The second-order valence-electron chi connectivity index (χ2n) is 7.22. The molecule has 0 saturated carbocycles. The fourth-order valence-corrected chi connectivity index (χ4v) is 3.58. The van der Waals surface area contributed by atoms with Crippen LogP contribution in [0.3, 0.4) is 0 Å². The first-order valence-electron chi connectivity index (χ1n) is 9.97. The van der Waals surface area contributed by atoms with Gasteiger partial charge in [-0.15, -0.1) is 0 Å². The first kappa shape index (κ1) is 21.6. The zero-order valence-electron chi connectivity index (χ0n) is 17.2. The Balaban J connectivity index is 1.77. The highest BCUT2D eigenvalue weighted by molar-refractivity contribution is 6.05. The number of rotatable bonds is 7. The number of hydrogen-bond donors (Lipinski definition) is 3. The van der Waals surface area contributed by atoms with Gasteiger partial charge >= 0.3 is 0 Å². The van der Waals surface area contributed by atoms with Crippen molar-refractivity contribution >= 4 is 23.2 Å². The van der Waals surface area contributed by atoms with E-state index >= 15 is 0 Å². The van der Waals surface area contributed by atoms with E-state index in [1.165, 1.54) is 43.7 Å². The lowest BCUT2D eigenvalue weighted by Crippen LogP contribution is -3.13. The van der Waals surface area contributed by atoms with Crippen LogP contribution in [0.1, 0.15) is 29.6 Å².